The summed E-state index contributed by atoms with van der Waals surface area (Å²) in [4.78, 5) is 0. The van der Waals surface area contributed by atoms with Gasteiger partial charge in [0.15, 0.2) is 0 Å². The van der Waals surface area contributed by atoms with E-state index in [1.165, 1.54) is 0 Å². The topological polar surface area (TPSA) is 0 Å². The van der Waals surface area contributed by atoms with Crippen LogP contribution in [-0.2, 0) is 0 Å². The van der Waals surface area contributed by atoms with Crippen LogP contribution in [0.25, 0.3) is 0 Å². The molecule has 0 aromatic rings. The highest BCUT2D eigenvalue weighted by Crippen LogP contribution is 2.37. The van der Waals surface area contributed by atoms with Crippen LogP contribution in [0.15, 0.2) is 0 Å². The van der Waals surface area contributed by atoms with E-state index in [0.29, 0.717) is 17.8 Å². The number of alkyl halides is 1. The van der Waals surface area contributed by atoms with E-state index in [4.69, 9.17) is 0 Å². The fraction of sp³-hybridized carbons (Fsp3) is 1.00. The minimum absolute atomic E-state index is 0.292. The van der Waals surface area contributed by atoms with Crippen LogP contribution in [-0.4, -0.2) is 6.17 Å². The molecule has 1 aliphatic carbocycles. The van der Waals surface area contributed by atoms with Gasteiger partial charge in [-0.05, 0) is 24.2 Å². The third-order valence-electron chi connectivity index (χ3n) is 2.69. The third kappa shape index (κ3) is 1.10. The molecular formula is C8H15F. The third-order valence-corrected chi connectivity index (χ3v) is 2.69. The molecule has 4 unspecified atom stereocenters. The highest BCUT2D eigenvalue weighted by molar-refractivity contribution is 4.84. The maximum absolute atomic E-state index is 13.0. The highest BCUT2D eigenvalue weighted by Gasteiger charge is 2.35. The largest absolute Gasteiger partial charge is 0.247 e. The van der Waals surface area contributed by atoms with Gasteiger partial charge >= 0.3 is 0 Å². The Kier molecular flexibility index (Phi) is 1.78. The predicted octanol–water partition coefficient (Wildman–Crippen LogP) is 2.64. The Morgan fingerprint density at radius 1 is 1.11 bits per heavy atom. The van der Waals surface area contributed by atoms with E-state index in [2.05, 4.69) is 6.92 Å². The Labute approximate surface area is 56.5 Å². The fourth-order valence-electron chi connectivity index (χ4n) is 1.76. The van der Waals surface area contributed by atoms with Gasteiger partial charge in [-0.2, -0.15) is 0 Å². The lowest BCUT2D eigenvalue weighted by Gasteiger charge is -2.10. The number of halogens is 1. The number of rotatable bonds is 0. The molecule has 4 atom stereocenters. The van der Waals surface area contributed by atoms with Gasteiger partial charge in [-0.15, -0.1) is 0 Å². The summed E-state index contributed by atoms with van der Waals surface area (Å²) in [6, 6.07) is 0. The standard InChI is InChI=1S/C8H15F/c1-5-4-6(2)8(9)7(5)3/h5-8H,4H2,1-3H3. The molecule has 1 fully saturated rings. The summed E-state index contributed by atoms with van der Waals surface area (Å²) in [5.41, 5.74) is 0. The Bertz CT molecular complexity index is 88.7. The molecule has 1 heteroatoms. The molecule has 54 valence electrons. The molecule has 1 rings (SSSR count). The first kappa shape index (κ1) is 7.04. The highest BCUT2D eigenvalue weighted by atomic mass is 19.1. The van der Waals surface area contributed by atoms with E-state index in [1.807, 2.05) is 13.8 Å². The molecule has 0 aromatic carbocycles. The van der Waals surface area contributed by atoms with Crippen LogP contribution in [0.3, 0.4) is 0 Å². The van der Waals surface area contributed by atoms with Crippen molar-refractivity contribution in [2.24, 2.45) is 17.8 Å². The molecule has 0 bridgehead atoms. The first-order valence-electron chi connectivity index (χ1n) is 3.77. The van der Waals surface area contributed by atoms with Crippen LogP contribution >= 0.6 is 0 Å². The van der Waals surface area contributed by atoms with Gasteiger partial charge in [0.25, 0.3) is 0 Å². The van der Waals surface area contributed by atoms with E-state index >= 15 is 0 Å². The predicted molar refractivity (Wildman–Crippen MR) is 37.0 cm³/mol. The van der Waals surface area contributed by atoms with Gasteiger partial charge in [-0.25, -0.2) is 4.39 Å². The van der Waals surface area contributed by atoms with Crippen LogP contribution in [0.5, 0.6) is 0 Å². The van der Waals surface area contributed by atoms with Crippen molar-refractivity contribution < 1.29 is 4.39 Å². The summed E-state index contributed by atoms with van der Waals surface area (Å²) >= 11 is 0. The molecule has 0 aliphatic heterocycles. The maximum Gasteiger partial charge on any atom is 0.105 e. The van der Waals surface area contributed by atoms with Gasteiger partial charge < -0.3 is 0 Å². The monoisotopic (exact) mass is 130 g/mol. The molecule has 0 heterocycles. The molecule has 1 aliphatic rings. The van der Waals surface area contributed by atoms with Crippen LogP contribution in [0.4, 0.5) is 4.39 Å². The Morgan fingerprint density at radius 2 is 1.67 bits per heavy atom. The number of hydrogen-bond donors (Lipinski definition) is 0. The molecule has 0 amide bonds. The van der Waals surface area contributed by atoms with Crippen molar-refractivity contribution in [3.63, 3.8) is 0 Å². The molecule has 1 saturated carbocycles. The second-order valence-corrected chi connectivity index (χ2v) is 3.49. The lowest BCUT2D eigenvalue weighted by atomic mass is 10.0. The zero-order valence-electron chi connectivity index (χ0n) is 6.39. The second kappa shape index (κ2) is 2.28. The Balaban J connectivity index is 2.54. The Morgan fingerprint density at radius 3 is 1.78 bits per heavy atom. The second-order valence-electron chi connectivity index (χ2n) is 3.49. The first-order chi connectivity index (χ1) is 4.13. The van der Waals surface area contributed by atoms with Crippen molar-refractivity contribution in [1.82, 2.24) is 0 Å². The lowest BCUT2D eigenvalue weighted by Crippen LogP contribution is -2.12. The SMILES string of the molecule is CC1CC(C)C(F)C1C. The maximum atomic E-state index is 13.0. The normalized spacial score (nSPS) is 52.0. The molecule has 0 radical (unpaired) electrons. The number of hydrogen-bond acceptors (Lipinski definition) is 0. The van der Waals surface area contributed by atoms with Crippen molar-refractivity contribution in [3.05, 3.63) is 0 Å². The van der Waals surface area contributed by atoms with Crippen molar-refractivity contribution in [1.29, 1.82) is 0 Å². The summed E-state index contributed by atoms with van der Waals surface area (Å²) in [6.45, 7) is 6.16. The van der Waals surface area contributed by atoms with Gasteiger partial charge in [0, 0.05) is 0 Å². The van der Waals surface area contributed by atoms with E-state index in [-0.39, 0.29) is 0 Å². The Hall–Kier alpha value is -0.0700. The average molecular weight is 130 g/mol. The van der Waals surface area contributed by atoms with Crippen molar-refractivity contribution in [2.45, 2.75) is 33.4 Å². The lowest BCUT2D eigenvalue weighted by molar-refractivity contribution is 0.217. The van der Waals surface area contributed by atoms with Gasteiger partial charge in [-0.1, -0.05) is 20.8 Å². The van der Waals surface area contributed by atoms with Gasteiger partial charge in [0.05, 0.1) is 0 Å². The molecule has 0 aromatic heterocycles. The van der Waals surface area contributed by atoms with Gasteiger partial charge in [0.2, 0.25) is 0 Å². The first-order valence-corrected chi connectivity index (χ1v) is 3.77. The fourth-order valence-corrected chi connectivity index (χ4v) is 1.76. The van der Waals surface area contributed by atoms with E-state index in [1.54, 1.807) is 0 Å². The smallest absolute Gasteiger partial charge is 0.105 e. The molecule has 9 heavy (non-hydrogen) atoms. The minimum atomic E-state index is -0.542. The summed E-state index contributed by atoms with van der Waals surface area (Å²) in [6.07, 6.45) is 0.530. The summed E-state index contributed by atoms with van der Waals surface area (Å²) < 4.78 is 13.0. The molecule has 0 spiro atoms. The van der Waals surface area contributed by atoms with Crippen molar-refractivity contribution in [2.75, 3.05) is 0 Å². The zero-order chi connectivity index (χ0) is 7.02. The minimum Gasteiger partial charge on any atom is -0.247 e. The molecule has 0 saturated heterocycles. The average Bonchev–Trinajstić information content (AvgIpc) is 1.98. The van der Waals surface area contributed by atoms with Crippen LogP contribution in [0.2, 0.25) is 0 Å². The van der Waals surface area contributed by atoms with E-state index < -0.39 is 6.17 Å². The van der Waals surface area contributed by atoms with Crippen molar-refractivity contribution in [3.8, 4) is 0 Å². The van der Waals surface area contributed by atoms with Crippen LogP contribution < -0.4 is 0 Å². The molecular weight excluding hydrogens is 115 g/mol. The summed E-state index contributed by atoms with van der Waals surface area (Å²) in [5.74, 6) is 1.19. The zero-order valence-corrected chi connectivity index (χ0v) is 6.39. The molecule has 0 nitrogen and oxygen atoms in total. The van der Waals surface area contributed by atoms with Crippen LogP contribution in [0.1, 0.15) is 27.2 Å². The van der Waals surface area contributed by atoms with Gasteiger partial charge in [0.1, 0.15) is 6.17 Å². The van der Waals surface area contributed by atoms with E-state index in [0.717, 1.165) is 6.42 Å². The quantitative estimate of drug-likeness (QED) is 0.473. The van der Waals surface area contributed by atoms with Crippen molar-refractivity contribution >= 4 is 0 Å². The van der Waals surface area contributed by atoms with Crippen LogP contribution in [0, 0.1) is 17.8 Å². The van der Waals surface area contributed by atoms with Gasteiger partial charge in [-0.3, -0.25) is 0 Å². The summed E-state index contributed by atoms with van der Waals surface area (Å²) in [7, 11) is 0. The molecule has 0 N–H and O–H groups in total. The van der Waals surface area contributed by atoms with E-state index in [9.17, 15) is 4.39 Å². The summed E-state index contributed by atoms with van der Waals surface area (Å²) in [5, 5.41) is 0.